The zero-order chi connectivity index (χ0) is 13.7. The molecule has 0 aliphatic carbocycles. The van der Waals surface area contributed by atoms with Gasteiger partial charge in [-0.2, -0.15) is 0 Å². The van der Waals surface area contributed by atoms with Crippen LogP contribution in [0.3, 0.4) is 0 Å². The summed E-state index contributed by atoms with van der Waals surface area (Å²) in [5, 5.41) is 11.3. The maximum atomic E-state index is 11.9. The van der Waals surface area contributed by atoms with E-state index < -0.39 is 5.97 Å². The molecule has 0 radical (unpaired) electrons. The Hall–Kier alpha value is -1.59. The number of likely N-dealkylation sites (tertiary alicyclic amines) is 1. The highest BCUT2D eigenvalue weighted by Gasteiger charge is 2.29. The second-order valence-electron chi connectivity index (χ2n) is 4.85. The number of rotatable bonds is 5. The number of carboxylic acids is 1. The molecule has 1 aliphatic heterocycles. The fraction of sp³-hybridized carbons (Fsp3) is 0.750. The summed E-state index contributed by atoms with van der Waals surface area (Å²) in [6, 6.07) is -0.177. The van der Waals surface area contributed by atoms with Gasteiger partial charge in [0.05, 0.1) is 0 Å². The monoisotopic (exact) mass is 256 g/mol. The number of nitrogens with zero attached hydrogens (tertiary/aromatic N) is 1. The minimum Gasteiger partial charge on any atom is -0.481 e. The van der Waals surface area contributed by atoms with Gasteiger partial charge >= 0.3 is 5.97 Å². The zero-order valence-electron chi connectivity index (χ0n) is 10.8. The fourth-order valence-corrected chi connectivity index (χ4v) is 1.94. The van der Waals surface area contributed by atoms with Gasteiger partial charge in [-0.15, -0.1) is 0 Å². The molecule has 102 valence electrons. The van der Waals surface area contributed by atoms with Crippen molar-refractivity contribution in [2.24, 2.45) is 5.92 Å². The van der Waals surface area contributed by atoms with Gasteiger partial charge in [-0.3, -0.25) is 14.4 Å². The van der Waals surface area contributed by atoms with E-state index in [1.807, 2.05) is 0 Å². The summed E-state index contributed by atoms with van der Waals surface area (Å²) in [5.41, 5.74) is 0. The molecule has 6 heteroatoms. The van der Waals surface area contributed by atoms with Crippen LogP contribution >= 0.6 is 0 Å². The summed E-state index contributed by atoms with van der Waals surface area (Å²) in [7, 11) is 1.73. The Bertz CT molecular complexity index is 343. The van der Waals surface area contributed by atoms with E-state index in [9.17, 15) is 14.4 Å². The molecule has 2 atom stereocenters. The number of nitrogens with one attached hydrogen (secondary N) is 1. The van der Waals surface area contributed by atoms with E-state index >= 15 is 0 Å². The van der Waals surface area contributed by atoms with E-state index in [4.69, 9.17) is 5.11 Å². The largest absolute Gasteiger partial charge is 0.481 e. The highest BCUT2D eigenvalue weighted by Crippen LogP contribution is 2.17. The summed E-state index contributed by atoms with van der Waals surface area (Å²) in [6.45, 7) is 2.37. The normalized spacial score (nSPS) is 21.6. The standard InChI is InChI=1S/C12H20N2O4/c1-8(3-4-11(16)17)13-12(18)9-5-6-14(2)10(15)7-9/h8-9H,3-7H2,1-2H3,(H,13,18)(H,16,17). The molecule has 2 amide bonds. The lowest BCUT2D eigenvalue weighted by molar-refractivity contribution is -0.139. The van der Waals surface area contributed by atoms with Gasteiger partial charge in [-0.05, 0) is 19.8 Å². The highest BCUT2D eigenvalue weighted by atomic mass is 16.4. The quantitative estimate of drug-likeness (QED) is 0.737. The Morgan fingerprint density at radius 1 is 1.56 bits per heavy atom. The predicted octanol–water partition coefficient (Wildman–Crippen LogP) is 0.224. The van der Waals surface area contributed by atoms with Crippen molar-refractivity contribution in [2.45, 2.75) is 38.6 Å². The first kappa shape index (κ1) is 14.5. The average molecular weight is 256 g/mol. The van der Waals surface area contributed by atoms with Crippen LogP contribution in [0.5, 0.6) is 0 Å². The molecule has 1 aliphatic rings. The van der Waals surface area contributed by atoms with Gasteiger partial charge in [-0.25, -0.2) is 0 Å². The first-order chi connectivity index (χ1) is 8.40. The molecule has 1 rings (SSSR count). The van der Waals surface area contributed by atoms with Crippen LogP contribution < -0.4 is 5.32 Å². The van der Waals surface area contributed by atoms with E-state index in [-0.39, 0.29) is 36.6 Å². The van der Waals surface area contributed by atoms with Gasteiger partial charge in [0.15, 0.2) is 0 Å². The van der Waals surface area contributed by atoms with Crippen LogP contribution in [0.2, 0.25) is 0 Å². The zero-order valence-corrected chi connectivity index (χ0v) is 10.8. The lowest BCUT2D eigenvalue weighted by Crippen LogP contribution is -2.44. The van der Waals surface area contributed by atoms with Crippen LogP contribution in [0.15, 0.2) is 0 Å². The van der Waals surface area contributed by atoms with Crippen molar-refractivity contribution >= 4 is 17.8 Å². The van der Waals surface area contributed by atoms with Crippen LogP contribution in [0.25, 0.3) is 0 Å². The third kappa shape index (κ3) is 4.35. The number of piperidine rings is 1. The molecule has 0 aromatic carbocycles. The third-order valence-corrected chi connectivity index (χ3v) is 3.21. The maximum absolute atomic E-state index is 11.9. The smallest absolute Gasteiger partial charge is 0.303 e. The first-order valence-corrected chi connectivity index (χ1v) is 6.16. The molecule has 1 fully saturated rings. The summed E-state index contributed by atoms with van der Waals surface area (Å²) in [5.74, 6) is -1.31. The highest BCUT2D eigenvalue weighted by molar-refractivity contribution is 5.87. The van der Waals surface area contributed by atoms with Gasteiger partial charge in [0.25, 0.3) is 0 Å². The number of amides is 2. The minimum atomic E-state index is -0.870. The molecular formula is C12H20N2O4. The number of hydrogen-bond donors (Lipinski definition) is 2. The van der Waals surface area contributed by atoms with E-state index in [1.54, 1.807) is 18.9 Å². The molecular weight excluding hydrogens is 236 g/mol. The molecule has 1 saturated heterocycles. The molecule has 18 heavy (non-hydrogen) atoms. The van der Waals surface area contributed by atoms with Crippen molar-refractivity contribution in [3.05, 3.63) is 0 Å². The summed E-state index contributed by atoms with van der Waals surface area (Å²) in [6.07, 6.45) is 1.35. The molecule has 0 saturated carbocycles. The number of carbonyl (C=O) groups is 3. The van der Waals surface area contributed by atoms with Crippen molar-refractivity contribution in [3.63, 3.8) is 0 Å². The Labute approximate surface area is 106 Å². The average Bonchev–Trinajstić information content (AvgIpc) is 2.30. The second-order valence-corrected chi connectivity index (χ2v) is 4.85. The lowest BCUT2D eigenvalue weighted by Gasteiger charge is -2.28. The number of hydrogen-bond acceptors (Lipinski definition) is 3. The SMILES string of the molecule is CC(CCC(=O)O)NC(=O)C1CCN(C)C(=O)C1. The van der Waals surface area contributed by atoms with Crippen molar-refractivity contribution < 1.29 is 19.5 Å². The van der Waals surface area contributed by atoms with Gasteiger partial charge in [-0.1, -0.05) is 0 Å². The molecule has 0 bridgehead atoms. The van der Waals surface area contributed by atoms with E-state index in [1.165, 1.54) is 0 Å². The summed E-state index contributed by atoms with van der Waals surface area (Å²) < 4.78 is 0. The second kappa shape index (κ2) is 6.37. The fourth-order valence-electron chi connectivity index (χ4n) is 1.94. The predicted molar refractivity (Wildman–Crippen MR) is 64.8 cm³/mol. The molecule has 2 N–H and O–H groups in total. The Kier molecular flexibility index (Phi) is 5.12. The molecule has 0 aromatic rings. The van der Waals surface area contributed by atoms with Crippen molar-refractivity contribution in [1.82, 2.24) is 10.2 Å². The van der Waals surface area contributed by atoms with E-state index in [0.29, 0.717) is 19.4 Å². The van der Waals surface area contributed by atoms with Crippen LogP contribution in [-0.4, -0.2) is 47.4 Å². The third-order valence-electron chi connectivity index (χ3n) is 3.21. The Morgan fingerprint density at radius 2 is 2.22 bits per heavy atom. The van der Waals surface area contributed by atoms with Gasteiger partial charge in [0.2, 0.25) is 11.8 Å². The first-order valence-electron chi connectivity index (χ1n) is 6.16. The van der Waals surface area contributed by atoms with Gasteiger partial charge in [0.1, 0.15) is 0 Å². The van der Waals surface area contributed by atoms with Crippen LogP contribution in [0.1, 0.15) is 32.6 Å². The number of aliphatic carboxylic acids is 1. The maximum Gasteiger partial charge on any atom is 0.303 e. The van der Waals surface area contributed by atoms with Crippen molar-refractivity contribution in [2.75, 3.05) is 13.6 Å². The topological polar surface area (TPSA) is 86.7 Å². The van der Waals surface area contributed by atoms with Crippen LogP contribution in [-0.2, 0) is 14.4 Å². The molecule has 1 heterocycles. The molecule has 0 spiro atoms. The Morgan fingerprint density at radius 3 is 2.78 bits per heavy atom. The minimum absolute atomic E-state index is 0.0143. The Balaban J connectivity index is 2.36. The van der Waals surface area contributed by atoms with E-state index in [2.05, 4.69) is 5.32 Å². The van der Waals surface area contributed by atoms with Gasteiger partial charge < -0.3 is 15.3 Å². The van der Waals surface area contributed by atoms with E-state index in [0.717, 1.165) is 0 Å². The molecule has 2 unspecified atom stereocenters. The van der Waals surface area contributed by atoms with Crippen molar-refractivity contribution in [1.29, 1.82) is 0 Å². The number of carboxylic acid groups (broad SMARTS) is 1. The summed E-state index contributed by atoms with van der Waals surface area (Å²) >= 11 is 0. The van der Waals surface area contributed by atoms with Crippen LogP contribution in [0, 0.1) is 5.92 Å². The molecule has 6 nitrogen and oxygen atoms in total. The van der Waals surface area contributed by atoms with Crippen LogP contribution in [0.4, 0.5) is 0 Å². The molecule has 0 aromatic heterocycles. The number of carbonyl (C=O) groups excluding carboxylic acids is 2. The van der Waals surface area contributed by atoms with Crippen molar-refractivity contribution in [3.8, 4) is 0 Å². The van der Waals surface area contributed by atoms with Gasteiger partial charge in [0, 0.05) is 38.4 Å². The lowest BCUT2D eigenvalue weighted by atomic mass is 9.95. The summed E-state index contributed by atoms with van der Waals surface area (Å²) in [4.78, 5) is 35.4.